The van der Waals surface area contributed by atoms with Crippen LogP contribution in [0.15, 0.2) is 17.1 Å². The monoisotopic (exact) mass is 349 g/mol. The predicted octanol–water partition coefficient (Wildman–Crippen LogP) is 5.70. The molecule has 1 aliphatic rings. The summed E-state index contributed by atoms with van der Waals surface area (Å²) in [7, 11) is 0. The topological polar surface area (TPSA) is 41.6 Å². The van der Waals surface area contributed by atoms with Gasteiger partial charge in [0.1, 0.15) is 0 Å². The van der Waals surface area contributed by atoms with E-state index in [1.165, 1.54) is 89.3 Å². The van der Waals surface area contributed by atoms with Crippen LogP contribution in [0.1, 0.15) is 96.8 Å². The molecule has 2 N–H and O–H groups in total. The lowest BCUT2D eigenvalue weighted by Gasteiger charge is -2.19. The number of aliphatic imine (C=N–C) groups is 1. The number of nitrogens with two attached hydrogens (primary N) is 1. The Balaban J connectivity index is 1.77. The number of nitrogens with zero attached hydrogens (tertiary/aromatic N) is 2. The third-order valence-electron chi connectivity index (χ3n) is 5.19. The maximum Gasteiger partial charge on any atom is 0.0990 e. The van der Waals surface area contributed by atoms with Crippen molar-refractivity contribution in [3.63, 3.8) is 0 Å². The van der Waals surface area contributed by atoms with Gasteiger partial charge in [-0.15, -0.1) is 0 Å². The molecule has 1 rings (SSSR count). The molecule has 0 amide bonds. The van der Waals surface area contributed by atoms with E-state index in [0.29, 0.717) is 0 Å². The van der Waals surface area contributed by atoms with Crippen molar-refractivity contribution in [1.29, 1.82) is 0 Å². The summed E-state index contributed by atoms with van der Waals surface area (Å²) in [4.78, 5) is 7.00. The lowest BCUT2D eigenvalue weighted by Crippen LogP contribution is -2.32. The van der Waals surface area contributed by atoms with Crippen molar-refractivity contribution in [2.75, 3.05) is 26.2 Å². The summed E-state index contributed by atoms with van der Waals surface area (Å²) in [6, 6.07) is 0. The maximum absolute atomic E-state index is 5.66. The number of allylic oxidation sites excluding steroid dienone is 2. The fourth-order valence-electron chi connectivity index (χ4n) is 3.64. The van der Waals surface area contributed by atoms with Crippen LogP contribution in [0.5, 0.6) is 0 Å². The Morgan fingerprint density at radius 1 is 0.880 bits per heavy atom. The Bertz CT molecular complexity index is 349. The van der Waals surface area contributed by atoms with Gasteiger partial charge < -0.3 is 10.6 Å². The molecule has 0 bridgehead atoms. The molecule has 1 aliphatic heterocycles. The normalized spacial score (nSPS) is 14.6. The number of hydrogen-bond acceptors (Lipinski definition) is 3. The summed E-state index contributed by atoms with van der Waals surface area (Å²) >= 11 is 0. The van der Waals surface area contributed by atoms with Gasteiger partial charge in [-0.3, -0.25) is 4.99 Å². The third kappa shape index (κ3) is 12.2. The van der Waals surface area contributed by atoms with Gasteiger partial charge in [0.2, 0.25) is 0 Å². The molecule has 0 aromatic carbocycles. The standard InChI is InChI=1S/C22H43N3/c1-2-3-4-5-6-7-8-9-10-11-12-13-14-15-16-17-22-24-19-21-25(22)20-18-23/h2-3H,4-21,23H2,1H3/b3-2+. The molecular weight excluding hydrogens is 306 g/mol. The molecule has 1 heterocycles. The molecule has 0 aromatic rings. The first-order chi connectivity index (χ1) is 12.4. The molecule has 25 heavy (non-hydrogen) atoms. The zero-order valence-corrected chi connectivity index (χ0v) is 16.9. The SMILES string of the molecule is C/C=C/CCCCCCCCCCCCCCC1=NCCN1CCN. The number of amidine groups is 1. The minimum atomic E-state index is 0.745. The third-order valence-corrected chi connectivity index (χ3v) is 5.19. The first-order valence-corrected chi connectivity index (χ1v) is 11.0. The average molecular weight is 350 g/mol. The van der Waals surface area contributed by atoms with E-state index >= 15 is 0 Å². The van der Waals surface area contributed by atoms with Gasteiger partial charge in [0.25, 0.3) is 0 Å². The van der Waals surface area contributed by atoms with Crippen LogP contribution in [0.25, 0.3) is 0 Å². The second kappa shape index (κ2) is 16.6. The zero-order chi connectivity index (χ0) is 18.0. The van der Waals surface area contributed by atoms with Gasteiger partial charge in [0.05, 0.1) is 12.4 Å². The van der Waals surface area contributed by atoms with Crippen molar-refractivity contribution in [3.05, 3.63) is 12.2 Å². The summed E-state index contributed by atoms with van der Waals surface area (Å²) in [5.41, 5.74) is 5.66. The van der Waals surface area contributed by atoms with E-state index in [1.54, 1.807) is 0 Å². The molecular formula is C22H43N3. The van der Waals surface area contributed by atoms with Crippen molar-refractivity contribution < 1.29 is 0 Å². The van der Waals surface area contributed by atoms with E-state index in [-0.39, 0.29) is 0 Å². The summed E-state index contributed by atoms with van der Waals surface area (Å²) in [6.07, 6.45) is 23.8. The molecule has 0 unspecified atom stereocenters. The first-order valence-electron chi connectivity index (χ1n) is 11.0. The molecule has 0 aliphatic carbocycles. The lowest BCUT2D eigenvalue weighted by molar-refractivity contribution is 0.455. The molecule has 0 saturated heterocycles. The molecule has 3 heteroatoms. The molecule has 0 aromatic heterocycles. The number of rotatable bonds is 17. The van der Waals surface area contributed by atoms with E-state index in [4.69, 9.17) is 5.73 Å². The summed E-state index contributed by atoms with van der Waals surface area (Å²) in [6.45, 7) is 5.90. The second-order valence-corrected chi connectivity index (χ2v) is 7.42. The van der Waals surface area contributed by atoms with Crippen LogP contribution >= 0.6 is 0 Å². The van der Waals surface area contributed by atoms with Crippen molar-refractivity contribution in [1.82, 2.24) is 4.90 Å². The minimum Gasteiger partial charge on any atom is -0.357 e. The van der Waals surface area contributed by atoms with E-state index in [0.717, 1.165) is 32.6 Å². The Kier molecular flexibility index (Phi) is 14.8. The minimum absolute atomic E-state index is 0.745. The Hall–Kier alpha value is -0.830. The van der Waals surface area contributed by atoms with Crippen LogP contribution in [0.3, 0.4) is 0 Å². The molecule has 146 valence electrons. The van der Waals surface area contributed by atoms with Gasteiger partial charge in [-0.1, -0.05) is 76.4 Å². The van der Waals surface area contributed by atoms with Crippen LogP contribution in [-0.4, -0.2) is 36.9 Å². The smallest absolute Gasteiger partial charge is 0.0990 e. The van der Waals surface area contributed by atoms with Gasteiger partial charge in [-0.25, -0.2) is 0 Å². The van der Waals surface area contributed by atoms with Gasteiger partial charge in [-0.05, 0) is 26.2 Å². The fourth-order valence-corrected chi connectivity index (χ4v) is 3.64. The van der Waals surface area contributed by atoms with E-state index < -0.39 is 0 Å². The van der Waals surface area contributed by atoms with Crippen molar-refractivity contribution >= 4 is 5.84 Å². The molecule has 0 radical (unpaired) electrons. The first kappa shape index (κ1) is 22.2. The number of hydrogen-bond donors (Lipinski definition) is 1. The van der Waals surface area contributed by atoms with Gasteiger partial charge in [-0.2, -0.15) is 0 Å². The number of unbranched alkanes of at least 4 members (excludes halogenated alkanes) is 12. The van der Waals surface area contributed by atoms with Crippen LogP contribution < -0.4 is 5.73 Å². The zero-order valence-electron chi connectivity index (χ0n) is 16.9. The van der Waals surface area contributed by atoms with Gasteiger partial charge >= 0.3 is 0 Å². The quantitative estimate of drug-likeness (QED) is 0.270. The Morgan fingerprint density at radius 2 is 1.44 bits per heavy atom. The average Bonchev–Trinajstić information content (AvgIpc) is 3.06. The highest BCUT2D eigenvalue weighted by molar-refractivity contribution is 5.83. The van der Waals surface area contributed by atoms with Crippen LogP contribution in [0.4, 0.5) is 0 Å². The van der Waals surface area contributed by atoms with Crippen LogP contribution in [-0.2, 0) is 0 Å². The molecule has 0 atom stereocenters. The molecule has 0 spiro atoms. The molecule has 3 nitrogen and oxygen atoms in total. The fraction of sp³-hybridized carbons (Fsp3) is 0.864. The second-order valence-electron chi connectivity index (χ2n) is 7.42. The van der Waals surface area contributed by atoms with Crippen molar-refractivity contribution in [2.45, 2.75) is 96.8 Å². The largest absolute Gasteiger partial charge is 0.357 e. The predicted molar refractivity (Wildman–Crippen MR) is 112 cm³/mol. The highest BCUT2D eigenvalue weighted by atomic mass is 15.2. The highest BCUT2D eigenvalue weighted by Gasteiger charge is 2.14. The van der Waals surface area contributed by atoms with E-state index in [9.17, 15) is 0 Å². The maximum atomic E-state index is 5.66. The van der Waals surface area contributed by atoms with Gasteiger partial charge in [0.15, 0.2) is 0 Å². The van der Waals surface area contributed by atoms with Crippen molar-refractivity contribution in [3.8, 4) is 0 Å². The molecule has 0 saturated carbocycles. The highest BCUT2D eigenvalue weighted by Crippen LogP contribution is 2.14. The molecule has 0 fully saturated rings. The summed E-state index contributed by atoms with van der Waals surface area (Å²) in [5, 5.41) is 0. The van der Waals surface area contributed by atoms with Crippen LogP contribution in [0.2, 0.25) is 0 Å². The van der Waals surface area contributed by atoms with Gasteiger partial charge in [0, 0.05) is 26.1 Å². The van der Waals surface area contributed by atoms with E-state index in [2.05, 4.69) is 29.0 Å². The lowest BCUT2D eigenvalue weighted by atomic mass is 10.0. The Morgan fingerprint density at radius 3 is 2.00 bits per heavy atom. The van der Waals surface area contributed by atoms with Crippen molar-refractivity contribution in [2.24, 2.45) is 10.7 Å². The van der Waals surface area contributed by atoms with Crippen LogP contribution in [0, 0.1) is 0 Å². The Labute approximate surface area is 157 Å². The summed E-state index contributed by atoms with van der Waals surface area (Å²) in [5.74, 6) is 1.32. The summed E-state index contributed by atoms with van der Waals surface area (Å²) < 4.78 is 0. The van der Waals surface area contributed by atoms with E-state index in [1.807, 2.05) is 0 Å².